The van der Waals surface area contributed by atoms with Gasteiger partial charge in [0.2, 0.25) is 5.91 Å². The highest BCUT2D eigenvalue weighted by molar-refractivity contribution is 8.14. The fourth-order valence-electron chi connectivity index (χ4n) is 4.01. The molecule has 164 valence electrons. The van der Waals surface area contributed by atoms with E-state index < -0.39 is 9.84 Å². The molecule has 2 aromatic carbocycles. The average Bonchev–Trinajstić information content (AvgIpc) is 3.17. The first kappa shape index (κ1) is 21.9. The second kappa shape index (κ2) is 8.31. The minimum Gasteiger partial charge on any atom is -0.325 e. The van der Waals surface area contributed by atoms with Crippen LogP contribution in [0.2, 0.25) is 0 Å². The van der Waals surface area contributed by atoms with Crippen LogP contribution >= 0.6 is 11.8 Å². The molecule has 2 aromatic rings. The molecule has 0 unspecified atom stereocenters. The Hall–Kier alpha value is -2.32. The number of nitrogens with one attached hydrogen (secondary N) is 1. The highest BCUT2D eigenvalue weighted by Gasteiger charge is 2.47. The first-order valence-corrected chi connectivity index (χ1v) is 13.1. The van der Waals surface area contributed by atoms with Gasteiger partial charge in [-0.15, -0.1) is 0 Å². The Labute approximate surface area is 188 Å². The molecule has 0 bridgehead atoms. The lowest BCUT2D eigenvalue weighted by Gasteiger charge is -2.27. The van der Waals surface area contributed by atoms with Crippen molar-refractivity contribution in [2.45, 2.75) is 39.8 Å². The number of anilines is 2. The van der Waals surface area contributed by atoms with Gasteiger partial charge in [-0.3, -0.25) is 9.79 Å². The molecule has 1 fully saturated rings. The highest BCUT2D eigenvalue weighted by Crippen LogP contribution is 2.35. The van der Waals surface area contributed by atoms with Crippen LogP contribution in [-0.4, -0.2) is 48.8 Å². The number of hydrogen-bond donors (Lipinski definition) is 1. The van der Waals surface area contributed by atoms with E-state index in [0.717, 1.165) is 28.1 Å². The number of hydrogen-bond acceptors (Lipinski definition) is 6. The van der Waals surface area contributed by atoms with Crippen molar-refractivity contribution in [2.24, 2.45) is 4.99 Å². The lowest BCUT2D eigenvalue weighted by atomic mass is 10.1. The van der Waals surface area contributed by atoms with Crippen LogP contribution in [0.5, 0.6) is 0 Å². The summed E-state index contributed by atoms with van der Waals surface area (Å²) in [4.78, 5) is 19.3. The predicted octanol–water partition coefficient (Wildman–Crippen LogP) is 3.63. The van der Waals surface area contributed by atoms with Crippen LogP contribution in [0.4, 0.5) is 11.4 Å². The standard InChI is InChI=1S/C23H27N3O3S2/c1-14-8-9-18(10-16(14)3)26-21-13-31(28,29)12-20(21)25-23(26)30-11-22(27)24-19-7-5-6-15(2)17(19)4/h5-10,20-21H,11-13H2,1-4H3,(H,24,27)/t20-,21-/m1/s1. The first-order chi connectivity index (χ1) is 14.6. The van der Waals surface area contributed by atoms with E-state index in [4.69, 9.17) is 4.99 Å². The topological polar surface area (TPSA) is 78.8 Å². The molecule has 2 heterocycles. The minimum absolute atomic E-state index is 0.0672. The zero-order chi connectivity index (χ0) is 22.3. The third-order valence-electron chi connectivity index (χ3n) is 6.09. The second-order valence-corrected chi connectivity index (χ2v) is 11.4. The Bertz CT molecular complexity index is 1170. The van der Waals surface area contributed by atoms with Crippen LogP contribution in [0.3, 0.4) is 0 Å². The number of aryl methyl sites for hydroxylation is 3. The normalized spacial score (nSPS) is 21.7. The summed E-state index contributed by atoms with van der Waals surface area (Å²) in [7, 11) is -3.11. The SMILES string of the molecule is Cc1ccc(N2C(SCC(=O)Nc3cccc(C)c3C)=N[C@@H]3CS(=O)(=O)C[C@H]32)cc1C. The number of carbonyl (C=O) groups excluding carboxylic acids is 1. The van der Waals surface area contributed by atoms with Crippen molar-refractivity contribution in [3.63, 3.8) is 0 Å². The van der Waals surface area contributed by atoms with E-state index >= 15 is 0 Å². The summed E-state index contributed by atoms with van der Waals surface area (Å²) < 4.78 is 24.4. The first-order valence-electron chi connectivity index (χ1n) is 10.3. The second-order valence-electron chi connectivity index (χ2n) is 8.35. The van der Waals surface area contributed by atoms with Gasteiger partial charge in [-0.1, -0.05) is 30.0 Å². The van der Waals surface area contributed by atoms with E-state index in [1.165, 1.54) is 17.3 Å². The van der Waals surface area contributed by atoms with E-state index in [-0.39, 0.29) is 35.2 Å². The zero-order valence-electron chi connectivity index (χ0n) is 18.2. The van der Waals surface area contributed by atoms with Gasteiger partial charge in [0.1, 0.15) is 0 Å². The van der Waals surface area contributed by atoms with E-state index in [9.17, 15) is 13.2 Å². The van der Waals surface area contributed by atoms with Crippen molar-refractivity contribution >= 4 is 44.0 Å². The molecule has 1 amide bonds. The molecule has 0 saturated carbocycles. The minimum atomic E-state index is -3.11. The molecule has 1 saturated heterocycles. The molecule has 8 heteroatoms. The third-order valence-corrected chi connectivity index (χ3v) is 8.75. The quantitative estimate of drug-likeness (QED) is 0.758. The van der Waals surface area contributed by atoms with Crippen LogP contribution < -0.4 is 10.2 Å². The Kier molecular flexibility index (Phi) is 5.87. The van der Waals surface area contributed by atoms with E-state index in [2.05, 4.69) is 11.4 Å². The van der Waals surface area contributed by atoms with Crippen LogP contribution in [-0.2, 0) is 14.6 Å². The summed E-state index contributed by atoms with van der Waals surface area (Å²) in [6, 6.07) is 11.5. The number of rotatable bonds is 4. The van der Waals surface area contributed by atoms with Gasteiger partial charge < -0.3 is 10.2 Å². The highest BCUT2D eigenvalue weighted by atomic mass is 32.2. The molecule has 2 atom stereocenters. The maximum absolute atomic E-state index is 12.6. The van der Waals surface area contributed by atoms with Gasteiger partial charge in [0.05, 0.1) is 29.3 Å². The van der Waals surface area contributed by atoms with Gasteiger partial charge >= 0.3 is 0 Å². The number of carbonyl (C=O) groups is 1. The molecule has 0 aliphatic carbocycles. The van der Waals surface area contributed by atoms with Gasteiger partial charge in [0, 0.05) is 11.4 Å². The molecule has 4 rings (SSSR count). The smallest absolute Gasteiger partial charge is 0.234 e. The molecule has 0 aromatic heterocycles. The van der Waals surface area contributed by atoms with E-state index in [1.807, 2.05) is 62.9 Å². The number of nitrogens with zero attached hydrogens (tertiary/aromatic N) is 2. The van der Waals surface area contributed by atoms with Crippen molar-refractivity contribution in [3.8, 4) is 0 Å². The molecule has 1 N–H and O–H groups in total. The van der Waals surface area contributed by atoms with Crippen LogP contribution in [0.1, 0.15) is 22.3 Å². The molecule has 6 nitrogen and oxygen atoms in total. The lowest BCUT2D eigenvalue weighted by Crippen LogP contribution is -2.39. The average molecular weight is 458 g/mol. The van der Waals surface area contributed by atoms with Crippen LogP contribution in [0.25, 0.3) is 0 Å². The van der Waals surface area contributed by atoms with Crippen molar-refractivity contribution in [3.05, 3.63) is 58.7 Å². The molecule has 0 spiro atoms. The summed E-state index contributed by atoms with van der Waals surface area (Å²) in [6.07, 6.45) is 0. The number of fused-ring (bicyclic) bond motifs is 1. The third kappa shape index (κ3) is 4.50. The van der Waals surface area contributed by atoms with Crippen LogP contribution in [0.15, 0.2) is 41.4 Å². The van der Waals surface area contributed by atoms with Gasteiger partial charge in [-0.2, -0.15) is 0 Å². The van der Waals surface area contributed by atoms with Crippen molar-refractivity contribution in [2.75, 3.05) is 27.5 Å². The number of aliphatic imine (C=N–C) groups is 1. The van der Waals surface area contributed by atoms with E-state index in [0.29, 0.717) is 5.17 Å². The summed E-state index contributed by atoms with van der Waals surface area (Å²) in [6.45, 7) is 8.09. The van der Waals surface area contributed by atoms with Gasteiger partial charge in [-0.05, 0) is 68.1 Å². The largest absolute Gasteiger partial charge is 0.325 e. The number of thioether (sulfide) groups is 1. The van der Waals surface area contributed by atoms with Gasteiger partial charge in [0.15, 0.2) is 15.0 Å². The Morgan fingerprint density at radius 3 is 2.61 bits per heavy atom. The monoisotopic (exact) mass is 457 g/mol. The number of amides is 1. The van der Waals surface area contributed by atoms with Crippen molar-refractivity contribution in [1.29, 1.82) is 0 Å². The van der Waals surface area contributed by atoms with E-state index in [1.54, 1.807) is 0 Å². The summed E-state index contributed by atoms with van der Waals surface area (Å²) in [5, 5.41) is 3.69. The molecule has 31 heavy (non-hydrogen) atoms. The maximum atomic E-state index is 12.6. The number of amidine groups is 1. The Morgan fingerprint density at radius 2 is 1.87 bits per heavy atom. The van der Waals surface area contributed by atoms with Crippen molar-refractivity contribution in [1.82, 2.24) is 0 Å². The fraction of sp³-hybridized carbons (Fsp3) is 0.391. The predicted molar refractivity (Wildman–Crippen MR) is 129 cm³/mol. The molecule has 2 aliphatic rings. The fourth-order valence-corrected chi connectivity index (χ4v) is 6.78. The molecular weight excluding hydrogens is 430 g/mol. The number of benzene rings is 2. The van der Waals surface area contributed by atoms with Gasteiger partial charge in [0.25, 0.3) is 0 Å². The summed E-state index contributed by atoms with van der Waals surface area (Å²) >= 11 is 1.36. The molecular formula is C23H27N3O3S2. The maximum Gasteiger partial charge on any atom is 0.234 e. The Morgan fingerprint density at radius 1 is 1.10 bits per heavy atom. The van der Waals surface area contributed by atoms with Crippen LogP contribution in [0, 0.1) is 27.7 Å². The Balaban J connectivity index is 1.53. The lowest BCUT2D eigenvalue weighted by molar-refractivity contribution is -0.113. The molecule has 0 radical (unpaired) electrons. The zero-order valence-corrected chi connectivity index (χ0v) is 19.8. The summed E-state index contributed by atoms with van der Waals surface area (Å²) in [5.74, 6) is 0.260. The number of sulfone groups is 1. The summed E-state index contributed by atoms with van der Waals surface area (Å²) in [5.41, 5.74) is 6.23. The van der Waals surface area contributed by atoms with Crippen molar-refractivity contribution < 1.29 is 13.2 Å². The van der Waals surface area contributed by atoms with Gasteiger partial charge in [-0.25, -0.2) is 8.42 Å². The molecule has 2 aliphatic heterocycles.